The van der Waals surface area contributed by atoms with Crippen LogP contribution in [0.3, 0.4) is 0 Å². The van der Waals surface area contributed by atoms with Crippen molar-refractivity contribution in [3.63, 3.8) is 0 Å². The van der Waals surface area contributed by atoms with E-state index in [1.165, 1.54) is 0 Å². The van der Waals surface area contributed by atoms with Gasteiger partial charge in [0.2, 0.25) is 0 Å². The molecule has 0 radical (unpaired) electrons. The molecule has 2 aromatic rings. The topological polar surface area (TPSA) is 78.3 Å². The molecule has 0 saturated heterocycles. The third-order valence-corrected chi connectivity index (χ3v) is 5.40. The lowest BCUT2D eigenvalue weighted by Gasteiger charge is -2.31. The summed E-state index contributed by atoms with van der Waals surface area (Å²) in [5.41, 5.74) is -0.168. The van der Waals surface area contributed by atoms with Crippen LogP contribution in [-0.4, -0.2) is 50.9 Å². The molecule has 0 bridgehead atoms. The summed E-state index contributed by atoms with van der Waals surface area (Å²) in [6, 6.07) is 9.77. The molecule has 2 unspecified atom stereocenters. The van der Waals surface area contributed by atoms with Gasteiger partial charge in [-0.25, -0.2) is 18.7 Å². The average Bonchev–Trinajstić information content (AvgIpc) is 3.34. The second kappa shape index (κ2) is 8.73. The van der Waals surface area contributed by atoms with Gasteiger partial charge >= 0.3 is 0 Å². The molecule has 1 fully saturated rings. The Labute approximate surface area is 175 Å². The fourth-order valence-corrected chi connectivity index (χ4v) is 3.53. The third-order valence-electron chi connectivity index (χ3n) is 5.40. The standard InChI is InChI=1S/C22H28F2N4O2/c1-4-28(14-19-25-11-10-18(27-19)21(2,3)30)17(16-12-22(16,23)24)13-26-20(29)15-8-6-5-7-9-15/h5-11,16-17,30H,4,12-14H2,1-3H3,(H,26,29). The Kier molecular flexibility index (Phi) is 6.47. The van der Waals surface area contributed by atoms with Crippen molar-refractivity contribution < 1.29 is 18.7 Å². The molecule has 1 heterocycles. The highest BCUT2D eigenvalue weighted by atomic mass is 19.3. The number of rotatable bonds is 9. The van der Waals surface area contributed by atoms with Crippen LogP contribution in [0.15, 0.2) is 42.6 Å². The van der Waals surface area contributed by atoms with Crippen LogP contribution in [0.5, 0.6) is 0 Å². The molecule has 30 heavy (non-hydrogen) atoms. The van der Waals surface area contributed by atoms with E-state index in [0.717, 1.165) is 0 Å². The van der Waals surface area contributed by atoms with Crippen LogP contribution in [0.1, 0.15) is 49.1 Å². The van der Waals surface area contributed by atoms with E-state index in [9.17, 15) is 18.7 Å². The lowest BCUT2D eigenvalue weighted by atomic mass is 10.1. The van der Waals surface area contributed by atoms with Crippen molar-refractivity contribution in [2.45, 2.75) is 51.3 Å². The van der Waals surface area contributed by atoms with E-state index in [1.54, 1.807) is 50.4 Å². The normalized spacial score (nSPS) is 18.8. The first-order chi connectivity index (χ1) is 14.1. The van der Waals surface area contributed by atoms with E-state index < -0.39 is 23.5 Å². The predicted octanol–water partition coefficient (Wildman–Crippen LogP) is 2.98. The number of hydrogen-bond donors (Lipinski definition) is 2. The maximum absolute atomic E-state index is 13.9. The van der Waals surface area contributed by atoms with Gasteiger partial charge in [0, 0.05) is 36.7 Å². The van der Waals surface area contributed by atoms with Crippen LogP contribution in [0.4, 0.5) is 8.78 Å². The molecular weight excluding hydrogens is 390 g/mol. The maximum Gasteiger partial charge on any atom is 0.253 e. The summed E-state index contributed by atoms with van der Waals surface area (Å²) in [6.07, 6.45) is 1.36. The Morgan fingerprint density at radius 2 is 2.00 bits per heavy atom. The minimum absolute atomic E-state index is 0.104. The summed E-state index contributed by atoms with van der Waals surface area (Å²) in [7, 11) is 0. The number of alkyl halides is 2. The lowest BCUT2D eigenvalue weighted by molar-refractivity contribution is 0.0588. The largest absolute Gasteiger partial charge is 0.384 e. The van der Waals surface area contributed by atoms with Gasteiger partial charge in [-0.15, -0.1) is 0 Å². The van der Waals surface area contributed by atoms with Gasteiger partial charge in [-0.05, 0) is 38.6 Å². The molecule has 1 aromatic carbocycles. The van der Waals surface area contributed by atoms with Crippen molar-refractivity contribution in [3.8, 4) is 0 Å². The number of halogens is 2. The van der Waals surface area contributed by atoms with Crippen molar-refractivity contribution in [3.05, 3.63) is 59.7 Å². The Hall–Kier alpha value is -2.45. The van der Waals surface area contributed by atoms with E-state index in [1.807, 2.05) is 17.9 Å². The number of aliphatic hydroxyl groups is 1. The number of benzene rings is 1. The zero-order valence-corrected chi connectivity index (χ0v) is 17.5. The fourth-order valence-electron chi connectivity index (χ4n) is 3.53. The number of nitrogens with zero attached hydrogens (tertiary/aromatic N) is 3. The zero-order chi connectivity index (χ0) is 21.9. The summed E-state index contributed by atoms with van der Waals surface area (Å²) >= 11 is 0. The van der Waals surface area contributed by atoms with Gasteiger partial charge in [0.1, 0.15) is 11.4 Å². The number of carbonyl (C=O) groups is 1. The van der Waals surface area contributed by atoms with E-state index in [0.29, 0.717) is 23.6 Å². The predicted molar refractivity (Wildman–Crippen MR) is 109 cm³/mol. The number of amides is 1. The van der Waals surface area contributed by atoms with E-state index in [4.69, 9.17) is 0 Å². The Morgan fingerprint density at radius 3 is 2.57 bits per heavy atom. The van der Waals surface area contributed by atoms with Crippen molar-refractivity contribution in [2.75, 3.05) is 13.1 Å². The van der Waals surface area contributed by atoms with Gasteiger partial charge in [-0.1, -0.05) is 25.1 Å². The first-order valence-corrected chi connectivity index (χ1v) is 10.1. The molecule has 2 atom stereocenters. The Balaban J connectivity index is 1.74. The molecule has 0 spiro atoms. The molecule has 162 valence electrons. The van der Waals surface area contributed by atoms with E-state index >= 15 is 0 Å². The average molecular weight is 418 g/mol. The van der Waals surface area contributed by atoms with Gasteiger partial charge in [0.15, 0.2) is 0 Å². The van der Waals surface area contributed by atoms with Crippen LogP contribution < -0.4 is 5.32 Å². The second-order valence-corrected chi connectivity index (χ2v) is 8.20. The number of nitrogens with one attached hydrogen (secondary N) is 1. The van der Waals surface area contributed by atoms with E-state index in [-0.39, 0.29) is 25.4 Å². The lowest BCUT2D eigenvalue weighted by Crippen LogP contribution is -2.46. The molecule has 0 aliphatic heterocycles. The SMILES string of the molecule is CCN(Cc1nccc(C(C)(C)O)n1)C(CNC(=O)c1ccccc1)C1CC1(F)F. The number of carbonyl (C=O) groups excluding carboxylic acids is 1. The molecule has 1 aromatic heterocycles. The fraction of sp³-hybridized carbons (Fsp3) is 0.500. The molecule has 1 aliphatic rings. The van der Waals surface area contributed by atoms with Crippen LogP contribution in [0, 0.1) is 5.92 Å². The van der Waals surface area contributed by atoms with Crippen molar-refractivity contribution in [2.24, 2.45) is 5.92 Å². The van der Waals surface area contributed by atoms with E-state index in [2.05, 4.69) is 15.3 Å². The van der Waals surface area contributed by atoms with Gasteiger partial charge in [-0.2, -0.15) is 0 Å². The highest BCUT2D eigenvalue weighted by Crippen LogP contribution is 2.51. The van der Waals surface area contributed by atoms with Crippen LogP contribution in [0.2, 0.25) is 0 Å². The molecule has 8 heteroatoms. The second-order valence-electron chi connectivity index (χ2n) is 8.20. The monoisotopic (exact) mass is 418 g/mol. The summed E-state index contributed by atoms with van der Waals surface area (Å²) < 4.78 is 27.9. The molecule has 3 rings (SSSR count). The minimum atomic E-state index is -2.73. The van der Waals surface area contributed by atoms with Crippen LogP contribution >= 0.6 is 0 Å². The molecule has 1 aliphatic carbocycles. The molecular formula is C22H28F2N4O2. The number of aromatic nitrogens is 2. The Bertz CT molecular complexity index is 871. The maximum atomic E-state index is 13.9. The minimum Gasteiger partial charge on any atom is -0.384 e. The number of hydrogen-bond acceptors (Lipinski definition) is 5. The molecule has 1 amide bonds. The summed E-state index contributed by atoms with van der Waals surface area (Å²) in [6.45, 7) is 5.99. The summed E-state index contributed by atoms with van der Waals surface area (Å²) in [4.78, 5) is 22.9. The summed E-state index contributed by atoms with van der Waals surface area (Å²) in [5, 5.41) is 13.0. The highest BCUT2D eigenvalue weighted by Gasteiger charge is 2.61. The molecule has 1 saturated carbocycles. The first-order valence-electron chi connectivity index (χ1n) is 10.1. The first kappa shape index (κ1) is 22.2. The van der Waals surface area contributed by atoms with Crippen LogP contribution in [0.25, 0.3) is 0 Å². The highest BCUT2D eigenvalue weighted by molar-refractivity contribution is 5.94. The van der Waals surface area contributed by atoms with Crippen LogP contribution in [-0.2, 0) is 12.1 Å². The third kappa shape index (κ3) is 5.37. The van der Waals surface area contributed by atoms with Gasteiger partial charge < -0.3 is 10.4 Å². The number of likely N-dealkylation sites (N-methyl/N-ethyl adjacent to an activating group) is 1. The van der Waals surface area contributed by atoms with Gasteiger partial charge in [0.25, 0.3) is 11.8 Å². The molecule has 6 nitrogen and oxygen atoms in total. The van der Waals surface area contributed by atoms with Crippen molar-refractivity contribution in [1.29, 1.82) is 0 Å². The van der Waals surface area contributed by atoms with Gasteiger partial charge in [-0.3, -0.25) is 9.69 Å². The van der Waals surface area contributed by atoms with Crippen molar-refractivity contribution in [1.82, 2.24) is 20.2 Å². The zero-order valence-electron chi connectivity index (χ0n) is 17.5. The van der Waals surface area contributed by atoms with Gasteiger partial charge in [0.05, 0.1) is 12.2 Å². The van der Waals surface area contributed by atoms with Crippen molar-refractivity contribution >= 4 is 5.91 Å². The quantitative estimate of drug-likeness (QED) is 0.655. The molecule has 2 N–H and O–H groups in total. The summed E-state index contributed by atoms with van der Waals surface area (Å²) in [5.74, 6) is -3.41. The smallest absolute Gasteiger partial charge is 0.253 e. The Morgan fingerprint density at radius 1 is 1.33 bits per heavy atom.